The third-order valence-corrected chi connectivity index (χ3v) is 6.92. The summed E-state index contributed by atoms with van der Waals surface area (Å²) < 4.78 is 42.5. The van der Waals surface area contributed by atoms with Crippen LogP contribution in [0.2, 0.25) is 0 Å². The van der Waals surface area contributed by atoms with E-state index in [1.165, 1.54) is 11.0 Å². The Morgan fingerprint density at radius 1 is 0.895 bits per heavy atom. The Bertz CT molecular complexity index is 1350. The van der Waals surface area contributed by atoms with Gasteiger partial charge in [0.15, 0.2) is 11.5 Å². The molecular formula is C27H26F3N7O. The van der Waals surface area contributed by atoms with E-state index in [0.717, 1.165) is 18.0 Å². The van der Waals surface area contributed by atoms with E-state index >= 15 is 0 Å². The first-order valence-corrected chi connectivity index (χ1v) is 12.4. The van der Waals surface area contributed by atoms with Crippen molar-refractivity contribution in [3.8, 4) is 6.07 Å². The van der Waals surface area contributed by atoms with Gasteiger partial charge in [0.25, 0.3) is 5.91 Å². The Morgan fingerprint density at radius 2 is 1.61 bits per heavy atom. The zero-order valence-corrected chi connectivity index (χ0v) is 20.7. The van der Waals surface area contributed by atoms with Gasteiger partial charge in [-0.2, -0.15) is 5.26 Å². The third-order valence-electron chi connectivity index (χ3n) is 6.92. The van der Waals surface area contributed by atoms with Crippen LogP contribution in [0.4, 0.5) is 24.7 Å². The van der Waals surface area contributed by atoms with Gasteiger partial charge in [-0.15, -0.1) is 0 Å². The van der Waals surface area contributed by atoms with E-state index in [9.17, 15) is 23.2 Å². The maximum atomic E-state index is 14.7. The van der Waals surface area contributed by atoms with Crippen LogP contribution in [0.5, 0.6) is 0 Å². The molecule has 8 nitrogen and oxygen atoms in total. The van der Waals surface area contributed by atoms with E-state index in [1.54, 1.807) is 12.1 Å². The van der Waals surface area contributed by atoms with Gasteiger partial charge in [0, 0.05) is 65.0 Å². The number of aromatic nitrogens is 2. The summed E-state index contributed by atoms with van der Waals surface area (Å²) in [4.78, 5) is 28.8. The van der Waals surface area contributed by atoms with Gasteiger partial charge >= 0.3 is 0 Å². The minimum atomic E-state index is -0.989. The quantitative estimate of drug-likeness (QED) is 0.511. The van der Waals surface area contributed by atoms with Crippen molar-refractivity contribution in [2.45, 2.75) is 6.54 Å². The van der Waals surface area contributed by atoms with Crippen LogP contribution >= 0.6 is 0 Å². The molecule has 2 saturated heterocycles. The second-order valence-electron chi connectivity index (χ2n) is 9.25. The van der Waals surface area contributed by atoms with Crippen LogP contribution in [-0.4, -0.2) is 78.0 Å². The van der Waals surface area contributed by atoms with Crippen LogP contribution in [0.25, 0.3) is 0 Å². The van der Waals surface area contributed by atoms with Gasteiger partial charge in [-0.1, -0.05) is 12.1 Å². The second-order valence-corrected chi connectivity index (χ2v) is 9.25. The molecule has 0 radical (unpaired) electrons. The Morgan fingerprint density at radius 3 is 2.29 bits per heavy atom. The summed E-state index contributed by atoms with van der Waals surface area (Å²) >= 11 is 0. The lowest BCUT2D eigenvalue weighted by atomic mass is 10.1. The largest absolute Gasteiger partial charge is 0.368 e. The Hall–Kier alpha value is -4.17. The molecule has 0 atom stereocenters. The first-order chi connectivity index (χ1) is 18.4. The summed E-state index contributed by atoms with van der Waals surface area (Å²) in [5, 5.41) is 9.37. The summed E-state index contributed by atoms with van der Waals surface area (Å²) in [5.41, 5.74) is 1.10. The van der Waals surface area contributed by atoms with E-state index in [1.807, 2.05) is 28.0 Å². The predicted octanol–water partition coefficient (Wildman–Crippen LogP) is 3.05. The molecular weight excluding hydrogens is 495 g/mol. The van der Waals surface area contributed by atoms with Crippen LogP contribution in [-0.2, 0) is 6.54 Å². The van der Waals surface area contributed by atoms with Crippen LogP contribution < -0.4 is 9.80 Å². The molecule has 2 aromatic heterocycles. The number of hydrogen-bond donors (Lipinski definition) is 0. The smallest absolute Gasteiger partial charge is 0.275 e. The Labute approximate surface area is 218 Å². The standard InChI is InChI=1S/C27H26F3N7O/c28-20-5-6-25(32-17-20)36-11-13-37(14-12-36)27(38)26-22(30)15-21(29)23(33-26)18-34-7-9-35(10-8-34)24-4-2-1-3-19(24)16-31/h1-6,15,17H,7-14,18H2. The van der Waals surface area contributed by atoms with Gasteiger partial charge < -0.3 is 14.7 Å². The lowest BCUT2D eigenvalue weighted by Crippen LogP contribution is -2.49. The number of hydrogen-bond acceptors (Lipinski definition) is 7. The van der Waals surface area contributed by atoms with Crippen molar-refractivity contribution in [3.05, 3.63) is 83.1 Å². The molecule has 2 aliphatic rings. The fraction of sp³-hybridized carbons (Fsp3) is 0.333. The summed E-state index contributed by atoms with van der Waals surface area (Å²) in [6.07, 6.45) is 1.14. The number of anilines is 2. The van der Waals surface area contributed by atoms with Gasteiger partial charge in [0.1, 0.15) is 23.5 Å². The van der Waals surface area contributed by atoms with Gasteiger partial charge in [-0.25, -0.2) is 23.1 Å². The number of carbonyl (C=O) groups excluding carboxylic acids is 1. The molecule has 0 saturated carbocycles. The number of para-hydroxylation sites is 1. The Balaban J connectivity index is 1.22. The molecule has 1 amide bonds. The topological polar surface area (TPSA) is 79.6 Å². The Kier molecular flexibility index (Phi) is 7.42. The van der Waals surface area contributed by atoms with Gasteiger partial charge in [0.05, 0.1) is 23.1 Å². The molecule has 38 heavy (non-hydrogen) atoms. The van der Waals surface area contributed by atoms with Crippen LogP contribution in [0.3, 0.4) is 0 Å². The third kappa shape index (κ3) is 5.40. The van der Waals surface area contributed by atoms with Gasteiger partial charge in [0.2, 0.25) is 0 Å². The second kappa shape index (κ2) is 11.1. The highest BCUT2D eigenvalue weighted by Crippen LogP contribution is 2.23. The number of halogens is 3. The highest BCUT2D eigenvalue weighted by atomic mass is 19.1. The minimum absolute atomic E-state index is 0.0229. The highest BCUT2D eigenvalue weighted by Gasteiger charge is 2.28. The van der Waals surface area contributed by atoms with Crippen LogP contribution in [0.1, 0.15) is 21.7 Å². The lowest BCUT2D eigenvalue weighted by molar-refractivity contribution is 0.0734. The molecule has 5 rings (SSSR count). The molecule has 2 fully saturated rings. The van der Waals surface area contributed by atoms with E-state index in [0.29, 0.717) is 63.7 Å². The summed E-state index contributed by atoms with van der Waals surface area (Å²) in [7, 11) is 0. The van der Waals surface area contributed by atoms with E-state index in [-0.39, 0.29) is 12.2 Å². The molecule has 2 aliphatic heterocycles. The van der Waals surface area contributed by atoms with Crippen LogP contribution in [0.15, 0.2) is 48.7 Å². The molecule has 4 heterocycles. The number of carbonyl (C=O) groups is 1. The number of benzene rings is 1. The van der Waals surface area contributed by atoms with Crippen molar-refractivity contribution in [1.82, 2.24) is 19.8 Å². The van der Waals surface area contributed by atoms with E-state index in [2.05, 4.69) is 20.9 Å². The van der Waals surface area contributed by atoms with Crippen molar-refractivity contribution < 1.29 is 18.0 Å². The van der Waals surface area contributed by atoms with Gasteiger partial charge in [-0.05, 0) is 24.3 Å². The molecule has 0 N–H and O–H groups in total. The normalized spacial score (nSPS) is 16.4. The number of nitrogens with zero attached hydrogens (tertiary/aromatic N) is 7. The number of rotatable bonds is 5. The minimum Gasteiger partial charge on any atom is -0.368 e. The van der Waals surface area contributed by atoms with Crippen molar-refractivity contribution in [2.24, 2.45) is 0 Å². The number of amides is 1. The average molecular weight is 522 g/mol. The van der Waals surface area contributed by atoms with Crippen molar-refractivity contribution >= 4 is 17.4 Å². The summed E-state index contributed by atoms with van der Waals surface area (Å²) in [5.74, 6) is -2.20. The number of piperazine rings is 2. The maximum absolute atomic E-state index is 14.7. The summed E-state index contributed by atoms with van der Waals surface area (Å²) in [6, 6.07) is 13.2. The molecule has 3 aromatic rings. The zero-order chi connectivity index (χ0) is 26.6. The average Bonchev–Trinajstić information content (AvgIpc) is 2.95. The van der Waals surface area contributed by atoms with Crippen molar-refractivity contribution in [1.29, 1.82) is 5.26 Å². The summed E-state index contributed by atoms with van der Waals surface area (Å²) in [6.45, 7) is 4.11. The molecule has 1 aromatic carbocycles. The monoisotopic (exact) mass is 521 g/mol. The lowest BCUT2D eigenvalue weighted by Gasteiger charge is -2.36. The first-order valence-electron chi connectivity index (χ1n) is 12.4. The fourth-order valence-electron chi connectivity index (χ4n) is 4.81. The highest BCUT2D eigenvalue weighted by molar-refractivity contribution is 5.92. The zero-order valence-electron chi connectivity index (χ0n) is 20.7. The maximum Gasteiger partial charge on any atom is 0.275 e. The molecule has 0 bridgehead atoms. The molecule has 0 spiro atoms. The van der Waals surface area contributed by atoms with Gasteiger partial charge in [-0.3, -0.25) is 9.69 Å². The van der Waals surface area contributed by atoms with E-state index < -0.39 is 29.1 Å². The van der Waals surface area contributed by atoms with Crippen molar-refractivity contribution in [3.63, 3.8) is 0 Å². The van der Waals surface area contributed by atoms with Crippen molar-refractivity contribution in [2.75, 3.05) is 62.2 Å². The first kappa shape index (κ1) is 25.5. The number of pyridine rings is 2. The van der Waals surface area contributed by atoms with Crippen LogP contribution in [0, 0.1) is 28.8 Å². The SMILES string of the molecule is N#Cc1ccccc1N1CCN(Cc2nc(C(=O)N3CCN(c4ccc(F)cn4)CC3)c(F)cc2F)CC1. The van der Waals surface area contributed by atoms with E-state index in [4.69, 9.17) is 0 Å². The molecule has 0 unspecified atom stereocenters. The number of nitriles is 1. The fourth-order valence-corrected chi connectivity index (χ4v) is 4.81. The predicted molar refractivity (Wildman–Crippen MR) is 135 cm³/mol. The molecule has 0 aliphatic carbocycles. The molecule has 11 heteroatoms. The molecule has 196 valence electrons.